The van der Waals surface area contributed by atoms with Gasteiger partial charge in [-0.3, -0.25) is 4.90 Å². The van der Waals surface area contributed by atoms with Crippen molar-refractivity contribution in [2.24, 2.45) is 0 Å². The Kier molecular flexibility index (Phi) is 4.69. The summed E-state index contributed by atoms with van der Waals surface area (Å²) in [6.07, 6.45) is 0. The minimum Gasteiger partial charge on any atom is -0.335 e. The monoisotopic (exact) mass is 447 g/mol. The molecule has 0 atom stereocenters. The number of benzene rings is 1. The summed E-state index contributed by atoms with van der Waals surface area (Å²) in [5.41, 5.74) is 1.34. The van der Waals surface area contributed by atoms with E-state index in [-0.39, 0.29) is 0 Å². The van der Waals surface area contributed by atoms with E-state index in [1.807, 2.05) is 0 Å². The van der Waals surface area contributed by atoms with E-state index in [0.29, 0.717) is 0 Å². The van der Waals surface area contributed by atoms with E-state index >= 15 is 0 Å². The molecule has 1 saturated heterocycles. The molecular weight excluding hydrogens is 429 g/mol. The van der Waals surface area contributed by atoms with Gasteiger partial charge in [0.2, 0.25) is 0 Å². The van der Waals surface area contributed by atoms with Gasteiger partial charge in [-0.15, -0.1) is 0 Å². The summed E-state index contributed by atoms with van der Waals surface area (Å²) in [6.45, 7) is 6.99. The molecule has 20 heavy (non-hydrogen) atoms. The molecule has 0 N–H and O–H groups in total. The van der Waals surface area contributed by atoms with Crippen LogP contribution in [0.3, 0.4) is 0 Å². The predicted molar refractivity (Wildman–Crippen MR) is 96.3 cm³/mol. The molecule has 3 nitrogen and oxygen atoms in total. The lowest BCUT2D eigenvalue weighted by atomic mass is 10.2. The molecule has 0 saturated carbocycles. The molecule has 0 amide bonds. The van der Waals surface area contributed by atoms with Gasteiger partial charge in [0.25, 0.3) is 0 Å². The molecular formula is C15H19BrIN3. The molecule has 5 heteroatoms. The summed E-state index contributed by atoms with van der Waals surface area (Å²) in [4.78, 5) is 4.98. The van der Waals surface area contributed by atoms with Crippen molar-refractivity contribution in [2.75, 3.05) is 39.8 Å². The van der Waals surface area contributed by atoms with Crippen molar-refractivity contribution < 1.29 is 0 Å². The summed E-state index contributed by atoms with van der Waals surface area (Å²) in [6, 6.07) is 8.81. The molecule has 1 aliphatic rings. The lowest BCUT2D eigenvalue weighted by molar-refractivity contribution is 0.150. The first-order valence-electron chi connectivity index (χ1n) is 6.99. The smallest absolute Gasteiger partial charge is 0.0809 e. The van der Waals surface area contributed by atoms with Gasteiger partial charge in [-0.1, -0.05) is 15.9 Å². The van der Waals surface area contributed by atoms with E-state index in [1.54, 1.807) is 0 Å². The lowest BCUT2D eigenvalue weighted by Gasteiger charge is -2.32. The minimum absolute atomic E-state index is 1.08. The average Bonchev–Trinajstić information content (AvgIpc) is 2.73. The first-order chi connectivity index (χ1) is 9.63. The van der Waals surface area contributed by atoms with Crippen LogP contribution in [0.25, 0.3) is 10.9 Å². The first kappa shape index (κ1) is 14.8. The van der Waals surface area contributed by atoms with Gasteiger partial charge < -0.3 is 9.47 Å². The van der Waals surface area contributed by atoms with Crippen molar-refractivity contribution in [3.05, 3.63) is 32.4 Å². The summed E-state index contributed by atoms with van der Waals surface area (Å²) in [7, 11) is 2.21. The Labute approximate surface area is 142 Å². The first-order valence-corrected chi connectivity index (χ1v) is 8.86. The van der Waals surface area contributed by atoms with E-state index in [2.05, 4.69) is 84.2 Å². The van der Waals surface area contributed by atoms with E-state index in [4.69, 9.17) is 0 Å². The molecule has 1 aromatic heterocycles. The molecule has 3 rings (SSSR count). The summed E-state index contributed by atoms with van der Waals surface area (Å²) < 4.78 is 4.91. The van der Waals surface area contributed by atoms with E-state index < -0.39 is 0 Å². The zero-order chi connectivity index (χ0) is 14.1. The van der Waals surface area contributed by atoms with Crippen LogP contribution in [0.15, 0.2) is 28.7 Å². The Hall–Kier alpha value is -0.110. The molecule has 1 aliphatic heterocycles. The van der Waals surface area contributed by atoms with E-state index in [1.165, 1.54) is 40.8 Å². The molecule has 0 bridgehead atoms. The Morgan fingerprint density at radius 3 is 2.60 bits per heavy atom. The fourth-order valence-electron chi connectivity index (χ4n) is 2.75. The van der Waals surface area contributed by atoms with Crippen LogP contribution < -0.4 is 0 Å². The molecule has 108 valence electrons. The highest BCUT2D eigenvalue weighted by atomic mass is 127. The highest BCUT2D eigenvalue weighted by Gasteiger charge is 2.14. The SMILES string of the molecule is CN1CCN(CCn2c(I)cc3cc(Br)ccc32)CC1. The van der Waals surface area contributed by atoms with Gasteiger partial charge in [0.1, 0.15) is 0 Å². The van der Waals surface area contributed by atoms with Crippen molar-refractivity contribution in [1.29, 1.82) is 0 Å². The normalized spacial score (nSPS) is 17.9. The maximum Gasteiger partial charge on any atom is 0.0809 e. The van der Waals surface area contributed by atoms with Gasteiger partial charge in [-0.2, -0.15) is 0 Å². The minimum atomic E-state index is 1.08. The molecule has 0 spiro atoms. The number of likely N-dealkylation sites (N-methyl/N-ethyl adjacent to an activating group) is 1. The molecule has 2 aromatic rings. The number of hydrogen-bond acceptors (Lipinski definition) is 2. The van der Waals surface area contributed by atoms with Crippen LogP contribution in [0.4, 0.5) is 0 Å². The highest BCUT2D eigenvalue weighted by molar-refractivity contribution is 14.1. The number of halogens is 2. The van der Waals surface area contributed by atoms with E-state index in [9.17, 15) is 0 Å². The van der Waals surface area contributed by atoms with Crippen LogP contribution in [0.5, 0.6) is 0 Å². The molecule has 1 fully saturated rings. The van der Waals surface area contributed by atoms with Gasteiger partial charge in [0, 0.05) is 54.6 Å². The maximum atomic E-state index is 3.55. The standard InChI is InChI=1S/C15H19BrIN3/c1-18-4-6-19(7-5-18)8-9-20-14-3-2-13(16)10-12(14)11-15(20)17/h2-3,10-11H,4-9H2,1H3. The second kappa shape index (κ2) is 6.34. The lowest BCUT2D eigenvalue weighted by Crippen LogP contribution is -2.45. The number of fused-ring (bicyclic) bond motifs is 1. The third-order valence-corrected chi connectivity index (χ3v) is 5.44. The van der Waals surface area contributed by atoms with Gasteiger partial charge in [-0.05, 0) is 53.9 Å². The van der Waals surface area contributed by atoms with Gasteiger partial charge in [-0.25, -0.2) is 0 Å². The zero-order valence-corrected chi connectivity index (χ0v) is 15.4. The quantitative estimate of drug-likeness (QED) is 0.669. The summed E-state index contributed by atoms with van der Waals surface area (Å²) in [5.74, 6) is 0. The molecule has 2 heterocycles. The summed E-state index contributed by atoms with van der Waals surface area (Å²) in [5, 5.41) is 1.32. The third kappa shape index (κ3) is 3.21. The number of hydrogen-bond donors (Lipinski definition) is 0. The Morgan fingerprint density at radius 2 is 1.85 bits per heavy atom. The van der Waals surface area contributed by atoms with Gasteiger partial charge in [0.15, 0.2) is 0 Å². The van der Waals surface area contributed by atoms with Crippen LogP contribution in [0.1, 0.15) is 0 Å². The topological polar surface area (TPSA) is 11.4 Å². The zero-order valence-electron chi connectivity index (χ0n) is 11.6. The average molecular weight is 448 g/mol. The molecule has 0 unspecified atom stereocenters. The van der Waals surface area contributed by atoms with Crippen molar-refractivity contribution in [3.8, 4) is 0 Å². The van der Waals surface area contributed by atoms with Crippen molar-refractivity contribution in [2.45, 2.75) is 6.54 Å². The van der Waals surface area contributed by atoms with Crippen molar-refractivity contribution in [3.63, 3.8) is 0 Å². The number of nitrogens with zero attached hydrogens (tertiary/aromatic N) is 3. The number of rotatable bonds is 3. The van der Waals surface area contributed by atoms with Crippen LogP contribution in [-0.4, -0.2) is 54.1 Å². The Morgan fingerprint density at radius 1 is 1.10 bits per heavy atom. The largest absolute Gasteiger partial charge is 0.335 e. The van der Waals surface area contributed by atoms with Crippen LogP contribution in [0, 0.1) is 3.70 Å². The molecule has 1 aromatic carbocycles. The van der Waals surface area contributed by atoms with Crippen LogP contribution in [0.2, 0.25) is 0 Å². The van der Waals surface area contributed by atoms with Crippen molar-refractivity contribution >= 4 is 49.4 Å². The van der Waals surface area contributed by atoms with Gasteiger partial charge in [0.05, 0.1) is 3.70 Å². The molecule has 0 radical (unpaired) electrons. The van der Waals surface area contributed by atoms with Crippen LogP contribution >= 0.6 is 38.5 Å². The van der Waals surface area contributed by atoms with E-state index in [0.717, 1.165) is 17.6 Å². The van der Waals surface area contributed by atoms with Crippen LogP contribution in [-0.2, 0) is 6.54 Å². The second-order valence-corrected chi connectivity index (χ2v) is 7.49. The Bertz CT molecular complexity index is 602. The number of aromatic nitrogens is 1. The number of piperazine rings is 1. The third-order valence-electron chi connectivity index (χ3n) is 4.05. The highest BCUT2D eigenvalue weighted by Crippen LogP contribution is 2.24. The predicted octanol–water partition coefficient (Wildman–Crippen LogP) is 3.26. The molecule has 0 aliphatic carbocycles. The fraction of sp³-hybridized carbons (Fsp3) is 0.467. The van der Waals surface area contributed by atoms with Gasteiger partial charge >= 0.3 is 0 Å². The second-order valence-electron chi connectivity index (χ2n) is 5.47. The maximum absolute atomic E-state index is 3.55. The fourth-order valence-corrected chi connectivity index (χ4v) is 3.96. The Balaban J connectivity index is 1.72. The van der Waals surface area contributed by atoms with Crippen molar-refractivity contribution in [1.82, 2.24) is 14.4 Å². The summed E-state index contributed by atoms with van der Waals surface area (Å²) >= 11 is 5.99.